The van der Waals surface area contributed by atoms with Crippen molar-refractivity contribution in [2.75, 3.05) is 63.9 Å². The number of nitrogens with zero attached hydrogens (tertiary/aromatic N) is 7. The van der Waals surface area contributed by atoms with E-state index >= 15 is 4.39 Å². The van der Waals surface area contributed by atoms with E-state index in [-0.39, 0.29) is 49.5 Å². The van der Waals surface area contributed by atoms with Gasteiger partial charge in [-0.05, 0) is 105 Å². The van der Waals surface area contributed by atoms with Crippen LogP contribution in [0.3, 0.4) is 0 Å². The zero-order valence-electron chi connectivity index (χ0n) is 35.0. The average Bonchev–Trinajstić information content (AvgIpc) is 3.78. The van der Waals surface area contributed by atoms with Gasteiger partial charge in [0.25, 0.3) is 5.91 Å². The van der Waals surface area contributed by atoms with Gasteiger partial charge in [0.1, 0.15) is 17.7 Å². The normalized spacial score (nSPS) is 19.3. The fourth-order valence-corrected chi connectivity index (χ4v) is 9.88. The summed E-state index contributed by atoms with van der Waals surface area (Å²) in [6.07, 6.45) is 6.50. The number of halogens is 1. The molecule has 0 saturated carbocycles. The molecule has 12 nitrogen and oxygen atoms in total. The molecule has 3 amide bonds. The number of aromatic nitrogens is 3. The van der Waals surface area contributed by atoms with Gasteiger partial charge in [0.15, 0.2) is 5.65 Å². The molecular formula is C48H55FN8O4. The Morgan fingerprint density at radius 2 is 1.59 bits per heavy atom. The molecule has 0 radical (unpaired) electrons. The molecule has 0 bridgehead atoms. The summed E-state index contributed by atoms with van der Waals surface area (Å²) in [4.78, 5) is 51.2. The lowest BCUT2D eigenvalue weighted by Crippen LogP contribution is -2.52. The summed E-state index contributed by atoms with van der Waals surface area (Å²) in [5.74, 6) is -0.348. The topological polar surface area (TPSA) is 127 Å². The number of fused-ring (bicyclic) bond motifs is 2. The lowest BCUT2D eigenvalue weighted by atomic mass is 9.87. The van der Waals surface area contributed by atoms with Crippen molar-refractivity contribution in [2.24, 2.45) is 0 Å². The molecule has 3 fully saturated rings. The Bertz CT molecular complexity index is 2420. The number of aryl methyl sites for hydroxylation is 2. The van der Waals surface area contributed by atoms with Gasteiger partial charge in [-0.25, -0.2) is 9.37 Å². The van der Waals surface area contributed by atoms with Gasteiger partial charge in [-0.15, -0.1) is 0 Å². The van der Waals surface area contributed by atoms with Crippen LogP contribution >= 0.6 is 0 Å². The highest BCUT2D eigenvalue weighted by atomic mass is 19.1. The van der Waals surface area contributed by atoms with Crippen LogP contribution < -0.4 is 10.2 Å². The van der Waals surface area contributed by atoms with Gasteiger partial charge >= 0.3 is 0 Å². The monoisotopic (exact) mass is 826 g/mol. The Labute approximate surface area is 356 Å². The standard InChI is InChI=1S/C48H55FN8O4/c1-32-45(35-11-5-2-6-12-35)46-50-41(30-44(57(46)52-32)55-23-21-54(22-24-55)25-26-58)36-13-8-10-33(27-36)9-4-3-7-18-53-19-16-34(17-20-53)38-28-37-31-56(48(61)39(37)29-40(38)49)42-14-15-43(59)51-47(42)60/h2,5-6,8,10-13,27-30,34,42,58H,3-4,7,9,14-26,31H2,1H3,(H,51,59,60). The number of carbonyl (C=O) groups excluding carboxylic acids is 3. The number of likely N-dealkylation sites (tertiary alicyclic amines) is 1. The number of anilines is 1. The Morgan fingerprint density at radius 1 is 0.820 bits per heavy atom. The number of β-amino-alcohol motifs (C(OH)–C–C–N with tert-alkyl or cyclic N) is 1. The van der Waals surface area contributed by atoms with Crippen LogP contribution in [0.2, 0.25) is 0 Å². The first kappa shape index (κ1) is 40.9. The highest BCUT2D eigenvalue weighted by Crippen LogP contribution is 2.37. The van der Waals surface area contributed by atoms with Crippen molar-refractivity contribution >= 4 is 29.2 Å². The predicted octanol–water partition coefficient (Wildman–Crippen LogP) is 5.98. The molecule has 318 valence electrons. The van der Waals surface area contributed by atoms with E-state index in [0.717, 1.165) is 129 Å². The summed E-state index contributed by atoms with van der Waals surface area (Å²) < 4.78 is 17.5. The predicted molar refractivity (Wildman–Crippen MR) is 233 cm³/mol. The molecule has 2 N–H and O–H groups in total. The molecular weight excluding hydrogens is 772 g/mol. The van der Waals surface area contributed by atoms with Crippen molar-refractivity contribution in [1.82, 2.24) is 34.6 Å². The van der Waals surface area contributed by atoms with E-state index < -0.39 is 11.9 Å². The van der Waals surface area contributed by atoms with Crippen LogP contribution in [0.4, 0.5) is 10.2 Å². The molecule has 1 unspecified atom stereocenters. The van der Waals surface area contributed by atoms with Crippen molar-refractivity contribution in [2.45, 2.75) is 76.8 Å². The number of aliphatic hydroxyl groups excluding tert-OH is 1. The van der Waals surface area contributed by atoms with E-state index in [9.17, 15) is 19.5 Å². The van der Waals surface area contributed by atoms with Crippen LogP contribution in [0, 0.1) is 12.7 Å². The molecule has 0 spiro atoms. The molecule has 9 rings (SSSR count). The van der Waals surface area contributed by atoms with Crippen LogP contribution in [-0.2, 0) is 22.6 Å². The summed E-state index contributed by atoms with van der Waals surface area (Å²) >= 11 is 0. The molecule has 61 heavy (non-hydrogen) atoms. The maximum Gasteiger partial charge on any atom is 0.255 e. The molecule has 4 aliphatic heterocycles. The molecule has 2 aromatic heterocycles. The highest BCUT2D eigenvalue weighted by molar-refractivity contribution is 6.05. The minimum absolute atomic E-state index is 0.0878. The van der Waals surface area contributed by atoms with E-state index in [0.29, 0.717) is 17.7 Å². The zero-order valence-corrected chi connectivity index (χ0v) is 35.0. The van der Waals surface area contributed by atoms with Crippen LogP contribution in [0.25, 0.3) is 28.0 Å². The average molecular weight is 827 g/mol. The number of piperazine rings is 1. The van der Waals surface area contributed by atoms with Crippen molar-refractivity contribution < 1.29 is 23.9 Å². The van der Waals surface area contributed by atoms with Crippen LogP contribution in [0.15, 0.2) is 72.8 Å². The first-order chi connectivity index (χ1) is 29.7. The van der Waals surface area contributed by atoms with Gasteiger partial charge in [-0.3, -0.25) is 24.6 Å². The number of hydrogen-bond donors (Lipinski definition) is 2. The van der Waals surface area contributed by atoms with E-state index in [2.05, 4.69) is 81.5 Å². The van der Waals surface area contributed by atoms with Crippen molar-refractivity contribution in [3.63, 3.8) is 0 Å². The number of piperidine rings is 2. The molecule has 3 saturated heterocycles. The number of amides is 3. The Hall–Kier alpha value is -5.50. The van der Waals surface area contributed by atoms with E-state index in [4.69, 9.17) is 10.1 Å². The van der Waals surface area contributed by atoms with Crippen LogP contribution in [-0.4, -0.2) is 117 Å². The number of carbonyl (C=O) groups is 3. The fraction of sp³-hybridized carbons (Fsp3) is 0.438. The Kier molecular flexibility index (Phi) is 12.0. The number of unbranched alkanes of at least 4 members (excludes halogenated alkanes) is 2. The third-order valence-electron chi connectivity index (χ3n) is 13.3. The van der Waals surface area contributed by atoms with Crippen molar-refractivity contribution in [3.05, 3.63) is 107 Å². The van der Waals surface area contributed by atoms with Crippen molar-refractivity contribution in [1.29, 1.82) is 0 Å². The van der Waals surface area contributed by atoms with Crippen LogP contribution in [0.5, 0.6) is 0 Å². The summed E-state index contributed by atoms with van der Waals surface area (Å²) in [5.41, 5.74) is 9.04. The fourth-order valence-electron chi connectivity index (χ4n) is 9.88. The first-order valence-electron chi connectivity index (χ1n) is 22.1. The second kappa shape index (κ2) is 17.8. The van der Waals surface area contributed by atoms with E-state index in [1.807, 2.05) is 16.6 Å². The quantitative estimate of drug-likeness (QED) is 0.109. The van der Waals surface area contributed by atoms with Gasteiger partial charge in [0.2, 0.25) is 11.8 Å². The van der Waals surface area contributed by atoms with Gasteiger partial charge in [0.05, 0.1) is 18.0 Å². The second-order valence-electron chi connectivity index (χ2n) is 17.2. The lowest BCUT2D eigenvalue weighted by molar-refractivity contribution is -0.136. The first-order valence-corrected chi connectivity index (χ1v) is 22.1. The number of imide groups is 1. The van der Waals surface area contributed by atoms with E-state index in [1.165, 1.54) is 16.5 Å². The summed E-state index contributed by atoms with van der Waals surface area (Å²) in [5, 5.41) is 16.9. The SMILES string of the molecule is Cc1nn2c(N3CCN(CCO)CC3)cc(-c3cccc(CCCCCN4CCC(c5cc6c(cc5F)C(=O)N(C5CCC(=O)NC5=O)C6)CC4)c3)nc2c1-c1ccccc1. The van der Waals surface area contributed by atoms with E-state index in [1.54, 1.807) is 0 Å². The third kappa shape index (κ3) is 8.56. The summed E-state index contributed by atoms with van der Waals surface area (Å²) in [6, 6.07) is 23.9. The highest BCUT2D eigenvalue weighted by Gasteiger charge is 2.40. The van der Waals surface area contributed by atoms with Crippen molar-refractivity contribution in [3.8, 4) is 22.4 Å². The maximum absolute atomic E-state index is 15.5. The minimum Gasteiger partial charge on any atom is -0.395 e. The molecule has 3 aromatic carbocycles. The maximum atomic E-state index is 15.5. The number of rotatable bonds is 13. The van der Waals surface area contributed by atoms with Gasteiger partial charge < -0.3 is 19.8 Å². The molecule has 0 aliphatic carbocycles. The minimum atomic E-state index is -0.706. The lowest BCUT2D eigenvalue weighted by Gasteiger charge is -2.35. The summed E-state index contributed by atoms with van der Waals surface area (Å²) in [6.45, 7) is 9.48. The molecule has 4 aliphatic rings. The second-order valence-corrected chi connectivity index (χ2v) is 17.2. The summed E-state index contributed by atoms with van der Waals surface area (Å²) in [7, 11) is 0. The number of aliphatic hydroxyl groups is 1. The van der Waals surface area contributed by atoms with Gasteiger partial charge in [0, 0.05) is 68.4 Å². The zero-order chi connectivity index (χ0) is 42.0. The van der Waals surface area contributed by atoms with Gasteiger partial charge in [-0.2, -0.15) is 9.61 Å². The molecule has 5 aromatic rings. The third-order valence-corrected chi connectivity index (χ3v) is 13.3. The largest absolute Gasteiger partial charge is 0.395 e. The smallest absolute Gasteiger partial charge is 0.255 e. The molecule has 1 atom stereocenters. The van der Waals surface area contributed by atoms with Crippen LogP contribution in [0.1, 0.15) is 83.6 Å². The molecule has 6 heterocycles. The Morgan fingerprint density at radius 3 is 2.36 bits per heavy atom. The number of hydrogen-bond acceptors (Lipinski definition) is 9. The van der Waals surface area contributed by atoms with Gasteiger partial charge in [-0.1, -0.05) is 61.0 Å². The number of benzene rings is 3. The Balaban J connectivity index is 0.803. The number of nitrogens with one attached hydrogen (secondary N) is 1. The molecule has 13 heteroatoms.